The summed E-state index contributed by atoms with van der Waals surface area (Å²) in [7, 11) is 0. The number of aliphatic imine (C=N–C) groups is 2. The van der Waals surface area contributed by atoms with Crippen LogP contribution in [0.15, 0.2) is 52.4 Å². The minimum absolute atomic E-state index is 0. The first-order chi connectivity index (χ1) is 24.4. The number of aryl methyl sites for hydroxylation is 2. The molecule has 1 heterocycles. The zero-order valence-electron chi connectivity index (χ0n) is 33.3. The maximum Gasteiger partial charge on any atom is 3.00 e. The van der Waals surface area contributed by atoms with Crippen LogP contribution in [0.4, 0.5) is 11.4 Å². The number of benzene rings is 2. The minimum Gasteiger partial charge on any atom is -1.00 e. The minimum atomic E-state index is 0. The number of nitrogens with zero attached hydrogens (tertiary/aromatic N) is 3. The predicted octanol–water partition coefficient (Wildman–Crippen LogP) is 5.18. The fourth-order valence-electron chi connectivity index (χ4n) is 10.1. The van der Waals surface area contributed by atoms with Crippen molar-refractivity contribution in [1.29, 1.82) is 0 Å². The van der Waals surface area contributed by atoms with Gasteiger partial charge in [0.05, 0.1) is 34.2 Å². The molecule has 296 valence electrons. The van der Waals surface area contributed by atoms with Crippen LogP contribution in [-0.4, -0.2) is 16.4 Å². The number of halogens is 3. The van der Waals surface area contributed by atoms with Crippen LogP contribution in [0.25, 0.3) is 0 Å². The second kappa shape index (κ2) is 22.3. The summed E-state index contributed by atoms with van der Waals surface area (Å²) in [4.78, 5) is 16.5. The van der Waals surface area contributed by atoms with Crippen molar-refractivity contribution in [2.75, 3.05) is 0 Å². The summed E-state index contributed by atoms with van der Waals surface area (Å²) in [5.74, 6) is 2.49. The third-order valence-electron chi connectivity index (χ3n) is 12.9. The summed E-state index contributed by atoms with van der Waals surface area (Å²) in [5.41, 5.74) is 15.4. The molecule has 0 amide bonds. The second-order valence-corrected chi connectivity index (χ2v) is 16.7. The van der Waals surface area contributed by atoms with Crippen molar-refractivity contribution < 1.29 is 54.0 Å². The number of rotatable bonds is 8. The number of hydrogen-bond donors (Lipinski definition) is 0. The van der Waals surface area contributed by atoms with Crippen LogP contribution < -0.4 is 37.2 Å². The van der Waals surface area contributed by atoms with Crippen LogP contribution >= 0.6 is 0 Å². The predicted molar refractivity (Wildman–Crippen MR) is 214 cm³/mol. The smallest absolute Gasteiger partial charge is 1.00 e. The summed E-state index contributed by atoms with van der Waals surface area (Å²) in [5, 5.41) is 0. The zero-order valence-corrected chi connectivity index (χ0v) is 36.6. The first-order valence-corrected chi connectivity index (χ1v) is 20.8. The monoisotopic (exact) mass is 833 g/mol. The molecule has 0 aliphatic heterocycles. The Labute approximate surface area is 356 Å². The molecule has 0 radical (unpaired) electrons. The van der Waals surface area contributed by atoms with E-state index in [4.69, 9.17) is 15.0 Å². The van der Waals surface area contributed by atoms with Crippen LogP contribution in [0, 0.1) is 13.8 Å². The van der Waals surface area contributed by atoms with Crippen molar-refractivity contribution in [2.24, 2.45) is 9.98 Å². The van der Waals surface area contributed by atoms with Crippen LogP contribution in [0.1, 0.15) is 211 Å². The molecule has 54 heavy (non-hydrogen) atoms. The van der Waals surface area contributed by atoms with Gasteiger partial charge in [-0.15, -0.1) is 0 Å². The number of pyridine rings is 1. The van der Waals surface area contributed by atoms with Gasteiger partial charge in [-0.25, -0.2) is 4.98 Å². The zero-order chi connectivity index (χ0) is 34.5. The Balaban J connectivity index is 0.00000196. The van der Waals surface area contributed by atoms with E-state index in [-0.39, 0.29) is 54.0 Å². The van der Waals surface area contributed by atoms with Gasteiger partial charge in [-0.1, -0.05) is 119 Å². The Morgan fingerprint density at radius 3 is 0.981 bits per heavy atom. The quantitative estimate of drug-likeness (QED) is 0.289. The molecule has 0 spiro atoms. The molecule has 4 saturated carbocycles. The average molecular weight is 835 g/mol. The summed E-state index contributed by atoms with van der Waals surface area (Å²) in [6.07, 6.45) is 26.6. The van der Waals surface area contributed by atoms with Gasteiger partial charge in [0.15, 0.2) is 0 Å². The van der Waals surface area contributed by atoms with E-state index in [9.17, 15) is 0 Å². The third kappa shape index (κ3) is 11.2. The van der Waals surface area contributed by atoms with E-state index in [0.717, 1.165) is 22.8 Å². The summed E-state index contributed by atoms with van der Waals surface area (Å²) >= 11 is 0. The molecule has 4 fully saturated rings. The molecule has 3 nitrogen and oxygen atoms in total. The van der Waals surface area contributed by atoms with Crippen LogP contribution in [0.3, 0.4) is 0 Å². The third-order valence-corrected chi connectivity index (χ3v) is 12.9. The van der Waals surface area contributed by atoms with E-state index in [1.165, 1.54) is 173 Å². The van der Waals surface area contributed by atoms with E-state index in [1.54, 1.807) is 0 Å². The fraction of sp³-hybridized carbons (Fsp3) is 0.596. The van der Waals surface area contributed by atoms with E-state index in [2.05, 4.69) is 70.2 Å². The molecule has 3 aromatic rings. The Bertz CT molecular complexity index is 1500. The maximum absolute atomic E-state index is 5.58. The van der Waals surface area contributed by atoms with Gasteiger partial charge in [0, 0.05) is 0 Å². The normalized spacial score (nSPS) is 19.6. The second-order valence-electron chi connectivity index (χ2n) is 16.7. The molecule has 7 heteroatoms. The maximum atomic E-state index is 5.58. The number of hydrogen-bond acceptors (Lipinski definition) is 3. The van der Waals surface area contributed by atoms with E-state index in [1.807, 2.05) is 0 Å². The molecule has 0 N–H and O–H groups in total. The Morgan fingerprint density at radius 1 is 0.463 bits per heavy atom. The first kappa shape index (κ1) is 46.7. The molecule has 0 saturated heterocycles. The van der Waals surface area contributed by atoms with E-state index >= 15 is 0 Å². The molecule has 0 bridgehead atoms. The Morgan fingerprint density at radius 2 is 0.722 bits per heavy atom. The van der Waals surface area contributed by atoms with Gasteiger partial charge in [0.2, 0.25) is 0 Å². The molecule has 4 aliphatic carbocycles. The molecule has 7 rings (SSSR count). The van der Waals surface area contributed by atoms with E-state index in [0.29, 0.717) is 23.7 Å². The van der Waals surface area contributed by atoms with Crippen molar-refractivity contribution in [3.05, 3.63) is 87.2 Å². The average Bonchev–Trinajstić information content (AvgIpc) is 3.17. The van der Waals surface area contributed by atoms with Gasteiger partial charge in [0.25, 0.3) is 0 Å². The van der Waals surface area contributed by atoms with Crippen molar-refractivity contribution in [1.82, 2.24) is 4.98 Å². The van der Waals surface area contributed by atoms with Gasteiger partial charge in [-0.05, 0) is 137 Å². The van der Waals surface area contributed by atoms with Crippen molar-refractivity contribution >= 4 is 22.8 Å². The van der Waals surface area contributed by atoms with Crippen molar-refractivity contribution in [3.8, 4) is 0 Å². The van der Waals surface area contributed by atoms with E-state index < -0.39 is 0 Å². The van der Waals surface area contributed by atoms with Gasteiger partial charge in [-0.2, -0.15) is 0 Å². The molecule has 1 aromatic heterocycles. The molecular weight excluding hydrogens is 772 g/mol. The Hall–Kier alpha value is -1.69. The standard InChI is InChI=1S/C47H63N3.3ClH.Co/c1-32-28-40(36-18-9-5-10-19-36)46(41(29-32)37-20-11-6-12-21-37)48-34(3)44-26-17-27-45(50-44)35(4)49-47-42(38-22-13-7-14-23-38)30-33(2)31-43(47)39-24-15-8-16-25-39;;;;/h17,26-31,36-39H,5-16,18-25H2,1-4H3;3*1H;/q;;;;+3/p-3. The largest absolute Gasteiger partial charge is 3.00 e. The van der Waals surface area contributed by atoms with Gasteiger partial charge in [0.1, 0.15) is 0 Å². The number of aromatic nitrogens is 1. The SMILES string of the molecule is CC(=Nc1c(C2CCCCC2)cc(C)cc1C1CCCCC1)c1cccc(C(C)=Nc2c(C3CCCCC3)cc(C)cc2C2CCCCC2)n1.[Cl-].[Cl-].[Cl-].[Co+3]. The Kier molecular flexibility index (Phi) is 19.3. The van der Waals surface area contributed by atoms with Gasteiger partial charge < -0.3 is 37.2 Å². The van der Waals surface area contributed by atoms with Crippen LogP contribution in [0.5, 0.6) is 0 Å². The summed E-state index contributed by atoms with van der Waals surface area (Å²) in [6, 6.07) is 16.4. The first-order valence-electron chi connectivity index (χ1n) is 20.8. The van der Waals surface area contributed by atoms with Gasteiger partial charge >= 0.3 is 16.8 Å². The molecule has 0 unspecified atom stereocenters. The van der Waals surface area contributed by atoms with Gasteiger partial charge in [-0.3, -0.25) is 9.98 Å². The van der Waals surface area contributed by atoms with Crippen molar-refractivity contribution in [3.63, 3.8) is 0 Å². The molecule has 0 atom stereocenters. The summed E-state index contributed by atoms with van der Waals surface area (Å²) < 4.78 is 0. The topological polar surface area (TPSA) is 37.6 Å². The fourth-order valence-corrected chi connectivity index (χ4v) is 10.1. The van der Waals surface area contributed by atoms with Crippen molar-refractivity contribution in [2.45, 2.75) is 180 Å². The molecular formula is C47H63Cl3CoN3. The molecule has 2 aromatic carbocycles. The van der Waals surface area contributed by atoms with Crippen LogP contribution in [-0.2, 0) is 16.8 Å². The summed E-state index contributed by atoms with van der Waals surface area (Å²) in [6.45, 7) is 8.99. The van der Waals surface area contributed by atoms with Crippen LogP contribution in [0.2, 0.25) is 0 Å². The molecule has 4 aliphatic rings.